The lowest BCUT2D eigenvalue weighted by Gasteiger charge is -2.16. The van der Waals surface area contributed by atoms with Crippen LogP contribution >= 0.6 is 12.4 Å². The Bertz CT molecular complexity index is 461. The molecule has 1 atom stereocenters. The van der Waals surface area contributed by atoms with Crippen LogP contribution in [0.3, 0.4) is 0 Å². The van der Waals surface area contributed by atoms with E-state index in [0.717, 1.165) is 31.5 Å². The van der Waals surface area contributed by atoms with Crippen LogP contribution in [-0.4, -0.2) is 36.3 Å². The number of nitrogens with zero attached hydrogens (tertiary/aromatic N) is 1. The molecule has 2 rings (SSSR count). The average Bonchev–Trinajstić information content (AvgIpc) is 3.00. The van der Waals surface area contributed by atoms with Gasteiger partial charge in [-0.25, -0.2) is 0 Å². The van der Waals surface area contributed by atoms with Gasteiger partial charge in [0.05, 0.1) is 6.54 Å². The summed E-state index contributed by atoms with van der Waals surface area (Å²) >= 11 is 0. The number of carbonyl (C=O) groups is 2. The number of likely N-dealkylation sites (tertiary alicyclic amines) is 1. The summed E-state index contributed by atoms with van der Waals surface area (Å²) in [5.41, 5.74) is 6.89. The lowest BCUT2D eigenvalue weighted by molar-refractivity contribution is -0.132. The average molecular weight is 312 g/mol. The van der Waals surface area contributed by atoms with Crippen LogP contribution in [0.1, 0.15) is 30.9 Å². The fourth-order valence-electron chi connectivity index (χ4n) is 2.34. The quantitative estimate of drug-likeness (QED) is 0.859. The van der Waals surface area contributed by atoms with Crippen LogP contribution in [0.5, 0.6) is 0 Å². The number of hydrogen-bond donors (Lipinski definition) is 2. The van der Waals surface area contributed by atoms with Gasteiger partial charge in [-0.05, 0) is 18.4 Å². The Morgan fingerprint density at radius 1 is 1.19 bits per heavy atom. The molecule has 116 valence electrons. The maximum absolute atomic E-state index is 11.8. The molecular weight excluding hydrogens is 290 g/mol. The standard InChI is InChI=1S/C15H21N3O2.ClH/c16-13(12-6-2-1-3-7-12)10-14(19)17-11-15(20)18-8-4-5-9-18;/h1-3,6-7,13H,4-5,8-11,16H2,(H,17,19);1H. The third kappa shape index (κ3) is 5.36. The van der Waals surface area contributed by atoms with Crippen molar-refractivity contribution in [1.82, 2.24) is 10.2 Å². The van der Waals surface area contributed by atoms with E-state index in [2.05, 4.69) is 5.32 Å². The van der Waals surface area contributed by atoms with Gasteiger partial charge in [0.2, 0.25) is 11.8 Å². The highest BCUT2D eigenvalue weighted by Gasteiger charge is 2.18. The minimum absolute atomic E-state index is 0. The molecule has 3 N–H and O–H groups in total. The van der Waals surface area contributed by atoms with Crippen molar-refractivity contribution >= 4 is 24.2 Å². The summed E-state index contributed by atoms with van der Waals surface area (Å²) in [5.74, 6) is -0.196. The van der Waals surface area contributed by atoms with Crippen LogP contribution in [0.25, 0.3) is 0 Å². The molecule has 1 fully saturated rings. The Hall–Kier alpha value is -1.59. The Balaban J connectivity index is 0.00000220. The normalized spacial score (nSPS) is 15.2. The Labute approximate surface area is 131 Å². The highest BCUT2D eigenvalue weighted by atomic mass is 35.5. The number of benzene rings is 1. The molecule has 0 spiro atoms. The number of nitrogens with one attached hydrogen (secondary N) is 1. The first-order chi connectivity index (χ1) is 9.66. The summed E-state index contributed by atoms with van der Waals surface area (Å²) < 4.78 is 0. The SMILES string of the molecule is Cl.NC(CC(=O)NCC(=O)N1CCCC1)c1ccccc1. The number of halogens is 1. The van der Waals surface area contributed by atoms with Crippen LogP contribution < -0.4 is 11.1 Å². The van der Waals surface area contributed by atoms with Crippen molar-refractivity contribution in [3.05, 3.63) is 35.9 Å². The van der Waals surface area contributed by atoms with Crippen molar-refractivity contribution in [2.24, 2.45) is 5.73 Å². The molecule has 1 aromatic rings. The van der Waals surface area contributed by atoms with E-state index in [0.29, 0.717) is 0 Å². The molecule has 0 bridgehead atoms. The number of rotatable bonds is 5. The Kier molecular flexibility index (Phi) is 7.19. The number of hydrogen-bond acceptors (Lipinski definition) is 3. The molecule has 1 heterocycles. The van der Waals surface area contributed by atoms with Crippen molar-refractivity contribution in [3.63, 3.8) is 0 Å². The van der Waals surface area contributed by atoms with Crippen molar-refractivity contribution in [3.8, 4) is 0 Å². The van der Waals surface area contributed by atoms with E-state index in [1.807, 2.05) is 30.3 Å². The first-order valence-electron chi connectivity index (χ1n) is 7.02. The largest absolute Gasteiger partial charge is 0.347 e. The number of nitrogens with two attached hydrogens (primary N) is 1. The second-order valence-corrected chi connectivity index (χ2v) is 5.09. The molecule has 21 heavy (non-hydrogen) atoms. The summed E-state index contributed by atoms with van der Waals surface area (Å²) in [6.45, 7) is 1.68. The predicted octanol–water partition coefficient (Wildman–Crippen LogP) is 1.24. The van der Waals surface area contributed by atoms with Gasteiger partial charge in [0.1, 0.15) is 0 Å². The summed E-state index contributed by atoms with van der Waals surface area (Å²) in [7, 11) is 0. The molecule has 0 aliphatic carbocycles. The molecule has 2 amide bonds. The van der Waals surface area contributed by atoms with Gasteiger partial charge in [-0.2, -0.15) is 0 Å². The zero-order valence-corrected chi connectivity index (χ0v) is 12.8. The van der Waals surface area contributed by atoms with Crippen molar-refractivity contribution in [2.45, 2.75) is 25.3 Å². The molecule has 6 heteroatoms. The van der Waals surface area contributed by atoms with E-state index >= 15 is 0 Å². The summed E-state index contributed by atoms with van der Waals surface area (Å²) in [5, 5.41) is 2.65. The zero-order chi connectivity index (χ0) is 14.4. The molecule has 0 radical (unpaired) electrons. The van der Waals surface area contributed by atoms with Gasteiger partial charge in [0.15, 0.2) is 0 Å². The van der Waals surface area contributed by atoms with Crippen molar-refractivity contribution in [1.29, 1.82) is 0 Å². The van der Waals surface area contributed by atoms with E-state index in [4.69, 9.17) is 5.73 Å². The first-order valence-corrected chi connectivity index (χ1v) is 7.02. The minimum Gasteiger partial charge on any atom is -0.347 e. The van der Waals surface area contributed by atoms with E-state index in [1.165, 1.54) is 0 Å². The molecule has 1 unspecified atom stereocenters. The Morgan fingerprint density at radius 3 is 2.43 bits per heavy atom. The molecule has 1 aliphatic heterocycles. The summed E-state index contributed by atoms with van der Waals surface area (Å²) in [4.78, 5) is 25.4. The van der Waals surface area contributed by atoms with E-state index in [9.17, 15) is 9.59 Å². The van der Waals surface area contributed by atoms with E-state index in [-0.39, 0.29) is 43.2 Å². The monoisotopic (exact) mass is 311 g/mol. The summed E-state index contributed by atoms with van der Waals surface area (Å²) in [6, 6.07) is 9.15. The fourth-order valence-corrected chi connectivity index (χ4v) is 2.34. The molecule has 1 aromatic carbocycles. The van der Waals surface area contributed by atoms with E-state index < -0.39 is 0 Å². The topological polar surface area (TPSA) is 75.4 Å². The third-order valence-electron chi connectivity index (χ3n) is 3.53. The van der Waals surface area contributed by atoms with Crippen LogP contribution in [-0.2, 0) is 9.59 Å². The molecule has 0 saturated carbocycles. The van der Waals surface area contributed by atoms with Crippen LogP contribution in [0.2, 0.25) is 0 Å². The van der Waals surface area contributed by atoms with Gasteiger partial charge in [-0.15, -0.1) is 12.4 Å². The van der Waals surface area contributed by atoms with E-state index in [1.54, 1.807) is 4.90 Å². The van der Waals surface area contributed by atoms with Gasteiger partial charge < -0.3 is 16.0 Å². The van der Waals surface area contributed by atoms with Crippen LogP contribution in [0, 0.1) is 0 Å². The maximum Gasteiger partial charge on any atom is 0.241 e. The smallest absolute Gasteiger partial charge is 0.241 e. The molecule has 1 aliphatic rings. The maximum atomic E-state index is 11.8. The first kappa shape index (κ1) is 17.5. The van der Waals surface area contributed by atoms with Crippen LogP contribution in [0.15, 0.2) is 30.3 Å². The molecule has 0 aromatic heterocycles. The Morgan fingerprint density at radius 2 is 1.81 bits per heavy atom. The molecule has 1 saturated heterocycles. The lowest BCUT2D eigenvalue weighted by Crippen LogP contribution is -2.39. The predicted molar refractivity (Wildman–Crippen MR) is 84.1 cm³/mol. The zero-order valence-electron chi connectivity index (χ0n) is 12.0. The van der Waals surface area contributed by atoms with Crippen molar-refractivity contribution in [2.75, 3.05) is 19.6 Å². The lowest BCUT2D eigenvalue weighted by atomic mass is 10.0. The van der Waals surface area contributed by atoms with Crippen LogP contribution in [0.4, 0.5) is 0 Å². The van der Waals surface area contributed by atoms with Crippen molar-refractivity contribution < 1.29 is 9.59 Å². The summed E-state index contributed by atoms with van der Waals surface area (Å²) in [6.07, 6.45) is 2.30. The third-order valence-corrected chi connectivity index (χ3v) is 3.53. The van der Waals surface area contributed by atoms with Gasteiger partial charge in [0.25, 0.3) is 0 Å². The van der Waals surface area contributed by atoms with Gasteiger partial charge in [-0.1, -0.05) is 30.3 Å². The minimum atomic E-state index is -0.335. The number of carbonyl (C=O) groups excluding carboxylic acids is 2. The second kappa shape index (κ2) is 8.64. The van der Waals surface area contributed by atoms with Gasteiger partial charge >= 0.3 is 0 Å². The van der Waals surface area contributed by atoms with Gasteiger partial charge in [0, 0.05) is 25.6 Å². The molecule has 5 nitrogen and oxygen atoms in total. The number of amides is 2. The second-order valence-electron chi connectivity index (χ2n) is 5.09. The highest BCUT2D eigenvalue weighted by molar-refractivity contribution is 5.85. The fraction of sp³-hybridized carbons (Fsp3) is 0.467. The van der Waals surface area contributed by atoms with Gasteiger partial charge in [-0.3, -0.25) is 9.59 Å². The molecular formula is C15H22ClN3O2. The highest BCUT2D eigenvalue weighted by Crippen LogP contribution is 2.13.